The molecule has 0 aliphatic heterocycles. The average molecular weight is 237 g/mol. The van der Waals surface area contributed by atoms with E-state index in [1.165, 1.54) is 6.33 Å². The first-order chi connectivity index (χ1) is 8.08. The number of nitrogen functional groups attached to an aromatic ring is 1. The van der Waals surface area contributed by atoms with Crippen molar-refractivity contribution in [3.05, 3.63) is 11.9 Å². The van der Waals surface area contributed by atoms with E-state index in [0.29, 0.717) is 17.8 Å². The third-order valence-electron chi connectivity index (χ3n) is 2.64. The van der Waals surface area contributed by atoms with Gasteiger partial charge in [0.05, 0.1) is 0 Å². The molecule has 0 bridgehead atoms. The smallest absolute Gasteiger partial charge is 0.148 e. The van der Waals surface area contributed by atoms with Crippen molar-refractivity contribution in [1.29, 1.82) is 0 Å². The first-order valence-corrected chi connectivity index (χ1v) is 6.15. The molecular weight excluding hydrogens is 214 g/mol. The van der Waals surface area contributed by atoms with Crippen molar-refractivity contribution < 1.29 is 0 Å². The highest BCUT2D eigenvalue weighted by Crippen LogP contribution is 2.21. The van der Waals surface area contributed by atoms with Gasteiger partial charge in [-0.1, -0.05) is 20.8 Å². The highest BCUT2D eigenvalue weighted by molar-refractivity contribution is 5.57. The molecule has 1 unspecified atom stereocenters. The van der Waals surface area contributed by atoms with Crippen LogP contribution >= 0.6 is 0 Å². The Morgan fingerprint density at radius 3 is 2.41 bits per heavy atom. The van der Waals surface area contributed by atoms with Crippen molar-refractivity contribution in [2.75, 3.05) is 10.7 Å². The lowest BCUT2D eigenvalue weighted by atomic mass is 10.0. The second-order valence-electron chi connectivity index (χ2n) is 4.72. The van der Waals surface area contributed by atoms with Gasteiger partial charge in [-0.2, -0.15) is 0 Å². The van der Waals surface area contributed by atoms with Crippen LogP contribution < -0.4 is 16.6 Å². The minimum atomic E-state index is 0.390. The molecule has 0 saturated heterocycles. The van der Waals surface area contributed by atoms with Crippen LogP contribution in [0.3, 0.4) is 0 Å². The molecule has 1 aromatic heterocycles. The molecule has 0 amide bonds. The molecule has 0 radical (unpaired) electrons. The molecule has 1 aromatic rings. The van der Waals surface area contributed by atoms with Gasteiger partial charge in [0.25, 0.3) is 0 Å². The lowest BCUT2D eigenvalue weighted by molar-refractivity contribution is 0.538. The van der Waals surface area contributed by atoms with E-state index in [4.69, 9.17) is 5.84 Å². The molecule has 1 atom stereocenters. The number of nitrogens with two attached hydrogens (primary N) is 1. The van der Waals surface area contributed by atoms with Crippen LogP contribution in [-0.4, -0.2) is 16.0 Å². The number of anilines is 2. The van der Waals surface area contributed by atoms with Gasteiger partial charge in [-0.15, -0.1) is 0 Å². The van der Waals surface area contributed by atoms with Gasteiger partial charge in [0.1, 0.15) is 18.0 Å². The zero-order valence-electron chi connectivity index (χ0n) is 11.1. The highest BCUT2D eigenvalue weighted by atomic mass is 15.3. The van der Waals surface area contributed by atoms with Crippen LogP contribution in [0.15, 0.2) is 6.33 Å². The number of aromatic nitrogens is 2. The summed E-state index contributed by atoms with van der Waals surface area (Å²) in [5, 5.41) is 3.42. The molecule has 5 heteroatoms. The SMILES string of the molecule is CCc1c(NN)ncnc1NC(C)CC(C)C. The largest absolute Gasteiger partial charge is 0.367 e. The molecule has 0 aliphatic carbocycles. The minimum Gasteiger partial charge on any atom is -0.367 e. The number of nitrogens with one attached hydrogen (secondary N) is 2. The monoisotopic (exact) mass is 237 g/mol. The fourth-order valence-corrected chi connectivity index (χ4v) is 2.00. The summed E-state index contributed by atoms with van der Waals surface area (Å²) < 4.78 is 0. The van der Waals surface area contributed by atoms with E-state index in [1.54, 1.807) is 0 Å². The number of hydrogen-bond donors (Lipinski definition) is 3. The molecule has 17 heavy (non-hydrogen) atoms. The topological polar surface area (TPSA) is 75.9 Å². The van der Waals surface area contributed by atoms with E-state index in [-0.39, 0.29) is 0 Å². The predicted octanol–water partition coefficient (Wildman–Crippen LogP) is 2.17. The van der Waals surface area contributed by atoms with Gasteiger partial charge in [0, 0.05) is 11.6 Å². The standard InChI is InChI=1S/C12H23N5/c1-5-10-11(14-7-15-12(10)17-13)16-9(4)6-8(2)3/h7-9H,5-6,13H2,1-4H3,(H2,14,15,16,17). The van der Waals surface area contributed by atoms with Gasteiger partial charge >= 0.3 is 0 Å². The molecule has 96 valence electrons. The normalized spacial score (nSPS) is 12.6. The van der Waals surface area contributed by atoms with Crippen LogP contribution in [-0.2, 0) is 6.42 Å². The Morgan fingerprint density at radius 2 is 1.88 bits per heavy atom. The first-order valence-electron chi connectivity index (χ1n) is 6.15. The lowest BCUT2D eigenvalue weighted by Gasteiger charge is -2.19. The summed E-state index contributed by atoms with van der Waals surface area (Å²) >= 11 is 0. The summed E-state index contributed by atoms with van der Waals surface area (Å²) in [5.74, 6) is 7.68. The van der Waals surface area contributed by atoms with E-state index in [9.17, 15) is 0 Å². The Labute approximate surface area is 103 Å². The van der Waals surface area contributed by atoms with Crippen molar-refractivity contribution in [2.24, 2.45) is 11.8 Å². The second-order valence-corrected chi connectivity index (χ2v) is 4.72. The molecule has 0 aliphatic rings. The summed E-state index contributed by atoms with van der Waals surface area (Å²) in [4.78, 5) is 8.40. The van der Waals surface area contributed by atoms with Crippen LogP contribution in [0.5, 0.6) is 0 Å². The van der Waals surface area contributed by atoms with Crippen LogP contribution in [0.4, 0.5) is 11.6 Å². The van der Waals surface area contributed by atoms with Crippen LogP contribution in [0.2, 0.25) is 0 Å². The average Bonchev–Trinajstić information content (AvgIpc) is 2.27. The van der Waals surface area contributed by atoms with Gasteiger partial charge < -0.3 is 10.7 Å². The van der Waals surface area contributed by atoms with Gasteiger partial charge in [-0.3, -0.25) is 0 Å². The molecule has 4 N–H and O–H groups in total. The zero-order chi connectivity index (χ0) is 12.8. The Bertz CT molecular complexity index is 351. The van der Waals surface area contributed by atoms with Gasteiger partial charge in [0.15, 0.2) is 0 Å². The second kappa shape index (κ2) is 6.39. The maximum Gasteiger partial charge on any atom is 0.148 e. The van der Waals surface area contributed by atoms with E-state index in [0.717, 1.165) is 24.2 Å². The van der Waals surface area contributed by atoms with Crippen LogP contribution in [0, 0.1) is 5.92 Å². The summed E-state index contributed by atoms with van der Waals surface area (Å²) in [7, 11) is 0. The Balaban J connectivity index is 2.83. The fourth-order valence-electron chi connectivity index (χ4n) is 2.00. The molecule has 0 fully saturated rings. The maximum absolute atomic E-state index is 5.44. The molecule has 1 heterocycles. The molecule has 0 saturated carbocycles. The fraction of sp³-hybridized carbons (Fsp3) is 0.667. The zero-order valence-corrected chi connectivity index (χ0v) is 11.1. The van der Waals surface area contributed by atoms with Crippen LogP contribution in [0.25, 0.3) is 0 Å². The van der Waals surface area contributed by atoms with E-state index in [1.807, 2.05) is 0 Å². The number of nitrogens with zero attached hydrogens (tertiary/aromatic N) is 2. The Kier molecular flexibility index (Phi) is 5.15. The summed E-state index contributed by atoms with van der Waals surface area (Å²) in [6.45, 7) is 8.66. The molecule has 0 aromatic carbocycles. The predicted molar refractivity (Wildman–Crippen MR) is 71.8 cm³/mol. The summed E-state index contributed by atoms with van der Waals surface area (Å²) in [5.41, 5.74) is 3.64. The maximum atomic E-state index is 5.44. The van der Waals surface area contributed by atoms with Gasteiger partial charge in [-0.25, -0.2) is 15.8 Å². The van der Waals surface area contributed by atoms with Crippen molar-refractivity contribution in [3.63, 3.8) is 0 Å². The molecule has 0 spiro atoms. The van der Waals surface area contributed by atoms with E-state index in [2.05, 4.69) is 48.4 Å². The number of hydrogen-bond acceptors (Lipinski definition) is 5. The van der Waals surface area contributed by atoms with E-state index < -0.39 is 0 Å². The highest BCUT2D eigenvalue weighted by Gasteiger charge is 2.12. The van der Waals surface area contributed by atoms with Crippen molar-refractivity contribution >= 4 is 11.6 Å². The van der Waals surface area contributed by atoms with Crippen molar-refractivity contribution in [1.82, 2.24) is 9.97 Å². The molecular formula is C12H23N5. The van der Waals surface area contributed by atoms with Gasteiger partial charge in [-0.05, 0) is 25.7 Å². The van der Waals surface area contributed by atoms with E-state index >= 15 is 0 Å². The summed E-state index contributed by atoms with van der Waals surface area (Å²) in [6, 6.07) is 0.390. The van der Waals surface area contributed by atoms with Gasteiger partial charge in [0.2, 0.25) is 0 Å². The minimum absolute atomic E-state index is 0.390. The Morgan fingerprint density at radius 1 is 1.24 bits per heavy atom. The molecule has 5 nitrogen and oxygen atoms in total. The number of rotatable bonds is 6. The lowest BCUT2D eigenvalue weighted by Crippen LogP contribution is -2.21. The van der Waals surface area contributed by atoms with Crippen molar-refractivity contribution in [3.8, 4) is 0 Å². The third-order valence-corrected chi connectivity index (χ3v) is 2.64. The Hall–Kier alpha value is -1.36. The third kappa shape index (κ3) is 3.85. The quantitative estimate of drug-likeness (QED) is 0.522. The van der Waals surface area contributed by atoms with Crippen molar-refractivity contribution in [2.45, 2.75) is 46.6 Å². The van der Waals surface area contributed by atoms with Crippen LogP contribution in [0.1, 0.15) is 39.7 Å². The first kappa shape index (κ1) is 13.7. The number of hydrazine groups is 1. The molecule has 1 rings (SSSR count). The summed E-state index contributed by atoms with van der Waals surface area (Å²) in [6.07, 6.45) is 3.48.